The van der Waals surface area contributed by atoms with E-state index in [-0.39, 0.29) is 18.5 Å². The van der Waals surface area contributed by atoms with Crippen LogP contribution in [0.3, 0.4) is 0 Å². The van der Waals surface area contributed by atoms with Gasteiger partial charge in [0.25, 0.3) is 0 Å². The number of carbonyl (C=O) groups excluding carboxylic acids is 2. The van der Waals surface area contributed by atoms with Gasteiger partial charge in [0.05, 0.1) is 11.6 Å². The summed E-state index contributed by atoms with van der Waals surface area (Å²) in [5.41, 5.74) is 6.20. The molecule has 1 saturated heterocycles. The quantitative estimate of drug-likeness (QED) is 0.500. The number of thioether (sulfide) groups is 1. The Morgan fingerprint density at radius 1 is 1.44 bits per heavy atom. The van der Waals surface area contributed by atoms with Crippen molar-refractivity contribution in [1.29, 1.82) is 0 Å². The second kappa shape index (κ2) is 5.49. The third-order valence-corrected chi connectivity index (χ3v) is 3.94. The van der Waals surface area contributed by atoms with Crippen molar-refractivity contribution in [3.63, 3.8) is 0 Å². The Hall–Kier alpha value is -1.40. The van der Waals surface area contributed by atoms with Gasteiger partial charge in [-0.1, -0.05) is 11.6 Å². The third-order valence-electron chi connectivity index (χ3n) is 2.47. The number of benzene rings is 1. The molecule has 5 nitrogen and oxygen atoms in total. The molecule has 1 aliphatic heterocycles. The van der Waals surface area contributed by atoms with E-state index in [1.165, 1.54) is 16.7 Å². The van der Waals surface area contributed by atoms with Gasteiger partial charge in [-0.3, -0.25) is 9.69 Å². The molecule has 1 aromatic carbocycles. The molecule has 0 spiro atoms. The van der Waals surface area contributed by atoms with E-state index < -0.39 is 0 Å². The van der Waals surface area contributed by atoms with Crippen LogP contribution in [0.1, 0.15) is 0 Å². The summed E-state index contributed by atoms with van der Waals surface area (Å²) in [4.78, 5) is 24.7. The van der Waals surface area contributed by atoms with Gasteiger partial charge in [0.15, 0.2) is 0 Å². The van der Waals surface area contributed by atoms with Crippen LogP contribution >= 0.6 is 23.4 Å². The lowest BCUT2D eigenvalue weighted by atomic mass is 10.3. The van der Waals surface area contributed by atoms with Gasteiger partial charge in [-0.15, -0.1) is 11.8 Å². The first-order valence-electron chi connectivity index (χ1n) is 5.34. The van der Waals surface area contributed by atoms with Gasteiger partial charge in [-0.05, 0) is 18.2 Å². The van der Waals surface area contributed by atoms with Crippen LogP contribution in [0.25, 0.3) is 0 Å². The fourth-order valence-electron chi connectivity index (χ4n) is 1.56. The largest absolute Gasteiger partial charge is 0.399 e. The van der Waals surface area contributed by atoms with Crippen molar-refractivity contribution in [1.82, 2.24) is 10.2 Å². The van der Waals surface area contributed by atoms with E-state index >= 15 is 0 Å². The van der Waals surface area contributed by atoms with E-state index in [4.69, 9.17) is 17.3 Å². The predicted molar refractivity (Wildman–Crippen MR) is 71.7 cm³/mol. The van der Waals surface area contributed by atoms with Crippen molar-refractivity contribution in [2.24, 2.45) is 0 Å². The van der Waals surface area contributed by atoms with Crippen LogP contribution in [0.5, 0.6) is 0 Å². The van der Waals surface area contributed by atoms with Crippen LogP contribution in [0.2, 0.25) is 5.02 Å². The summed E-state index contributed by atoms with van der Waals surface area (Å²) in [6, 6.07) is 4.94. The molecule has 7 heteroatoms. The minimum Gasteiger partial charge on any atom is -0.399 e. The molecule has 0 radical (unpaired) electrons. The lowest BCUT2D eigenvalue weighted by Gasteiger charge is -2.12. The van der Waals surface area contributed by atoms with Gasteiger partial charge in [-0.25, -0.2) is 4.79 Å². The molecule has 0 aliphatic carbocycles. The maximum atomic E-state index is 11.3. The van der Waals surface area contributed by atoms with Gasteiger partial charge in [0.1, 0.15) is 0 Å². The summed E-state index contributed by atoms with van der Waals surface area (Å²) >= 11 is 7.51. The highest BCUT2D eigenvalue weighted by Gasteiger charge is 2.27. The Morgan fingerprint density at radius 3 is 2.83 bits per heavy atom. The molecule has 3 amide bonds. The van der Waals surface area contributed by atoms with E-state index in [1.54, 1.807) is 12.1 Å². The van der Waals surface area contributed by atoms with Crippen LogP contribution in [0.4, 0.5) is 10.5 Å². The lowest BCUT2D eigenvalue weighted by Crippen LogP contribution is -2.32. The molecule has 1 fully saturated rings. The maximum Gasteiger partial charge on any atom is 0.324 e. The molecule has 0 atom stereocenters. The number of carbonyl (C=O) groups is 2. The van der Waals surface area contributed by atoms with Crippen LogP contribution in [-0.2, 0) is 4.79 Å². The number of imide groups is 1. The minimum absolute atomic E-state index is 0.0894. The Labute approximate surface area is 114 Å². The predicted octanol–water partition coefficient (Wildman–Crippen LogP) is 1.57. The van der Waals surface area contributed by atoms with Crippen molar-refractivity contribution < 1.29 is 9.59 Å². The highest BCUT2D eigenvalue weighted by atomic mass is 35.5. The molecule has 1 heterocycles. The fraction of sp³-hybridized carbons (Fsp3) is 0.273. The number of hydrogen-bond donors (Lipinski definition) is 2. The van der Waals surface area contributed by atoms with E-state index in [9.17, 15) is 9.59 Å². The number of nitrogen functional groups attached to an aromatic ring is 1. The summed E-state index contributed by atoms with van der Waals surface area (Å²) in [7, 11) is 0. The van der Waals surface area contributed by atoms with Crippen molar-refractivity contribution in [2.45, 2.75) is 4.90 Å². The number of amides is 3. The van der Waals surface area contributed by atoms with E-state index in [1.807, 2.05) is 6.07 Å². The summed E-state index contributed by atoms with van der Waals surface area (Å²) in [6.45, 7) is 0.460. The topological polar surface area (TPSA) is 75.4 Å². The zero-order valence-corrected chi connectivity index (χ0v) is 11.1. The van der Waals surface area contributed by atoms with Crippen molar-refractivity contribution in [3.05, 3.63) is 23.2 Å². The molecule has 0 unspecified atom stereocenters. The first-order valence-corrected chi connectivity index (χ1v) is 6.70. The number of nitrogens with two attached hydrogens (primary N) is 1. The Bertz CT molecular complexity index is 479. The SMILES string of the molecule is Nc1ccc(SCCN2C(=O)CNC2=O)c(Cl)c1. The Kier molecular flexibility index (Phi) is 3.98. The van der Waals surface area contributed by atoms with Crippen LogP contribution in [-0.4, -0.2) is 35.7 Å². The number of anilines is 1. The molecule has 18 heavy (non-hydrogen) atoms. The fourth-order valence-corrected chi connectivity index (χ4v) is 2.77. The van der Waals surface area contributed by atoms with E-state index in [0.29, 0.717) is 23.0 Å². The van der Waals surface area contributed by atoms with Gasteiger partial charge in [0, 0.05) is 22.9 Å². The molecule has 2 rings (SSSR count). The molecule has 1 aliphatic rings. The molecule has 1 aromatic rings. The number of halogens is 1. The normalized spacial score (nSPS) is 15.1. The molecule has 0 saturated carbocycles. The summed E-state index contributed by atoms with van der Waals surface area (Å²) in [5.74, 6) is 0.409. The zero-order chi connectivity index (χ0) is 13.1. The van der Waals surface area contributed by atoms with Crippen molar-refractivity contribution in [3.8, 4) is 0 Å². The Morgan fingerprint density at radius 2 is 2.22 bits per heavy atom. The minimum atomic E-state index is -0.330. The van der Waals surface area contributed by atoms with Crippen molar-refractivity contribution >= 4 is 41.0 Å². The first kappa shape index (κ1) is 13.0. The summed E-state index contributed by atoms with van der Waals surface area (Å²) in [6.07, 6.45) is 0. The molecular weight excluding hydrogens is 274 g/mol. The standard InChI is InChI=1S/C11H12ClN3O2S/c12-8-5-7(13)1-2-9(8)18-4-3-15-10(16)6-14-11(15)17/h1-2,5H,3-4,6,13H2,(H,14,17). The zero-order valence-electron chi connectivity index (χ0n) is 9.48. The Balaban J connectivity index is 1.88. The van der Waals surface area contributed by atoms with Gasteiger partial charge in [-0.2, -0.15) is 0 Å². The first-order chi connectivity index (χ1) is 8.58. The highest BCUT2D eigenvalue weighted by Crippen LogP contribution is 2.28. The number of nitrogens with one attached hydrogen (secondary N) is 1. The smallest absolute Gasteiger partial charge is 0.324 e. The van der Waals surface area contributed by atoms with Crippen LogP contribution in [0.15, 0.2) is 23.1 Å². The van der Waals surface area contributed by atoms with E-state index in [2.05, 4.69) is 5.32 Å². The lowest BCUT2D eigenvalue weighted by molar-refractivity contribution is -0.124. The average molecular weight is 286 g/mol. The second-order valence-corrected chi connectivity index (χ2v) is 5.29. The maximum absolute atomic E-state index is 11.3. The molecule has 0 bridgehead atoms. The summed E-state index contributed by atoms with van der Waals surface area (Å²) in [5, 5.41) is 3.05. The van der Waals surface area contributed by atoms with Gasteiger partial charge >= 0.3 is 6.03 Å². The number of hydrogen-bond acceptors (Lipinski definition) is 4. The van der Waals surface area contributed by atoms with Crippen LogP contribution in [0, 0.1) is 0 Å². The molecule has 3 N–H and O–H groups in total. The number of rotatable bonds is 4. The molecule has 96 valence electrons. The van der Waals surface area contributed by atoms with Gasteiger partial charge < -0.3 is 11.1 Å². The number of urea groups is 1. The molecular formula is C11H12ClN3O2S. The van der Waals surface area contributed by atoms with Crippen molar-refractivity contribution in [2.75, 3.05) is 24.6 Å². The highest BCUT2D eigenvalue weighted by molar-refractivity contribution is 7.99. The average Bonchev–Trinajstić information content (AvgIpc) is 2.63. The molecule has 0 aromatic heterocycles. The third kappa shape index (κ3) is 2.88. The van der Waals surface area contributed by atoms with Gasteiger partial charge in [0.2, 0.25) is 5.91 Å². The second-order valence-electron chi connectivity index (χ2n) is 3.74. The van der Waals surface area contributed by atoms with E-state index in [0.717, 1.165) is 4.90 Å². The summed E-state index contributed by atoms with van der Waals surface area (Å²) < 4.78 is 0. The van der Waals surface area contributed by atoms with Crippen LogP contribution < -0.4 is 11.1 Å². The monoisotopic (exact) mass is 285 g/mol. The number of nitrogens with zero attached hydrogens (tertiary/aromatic N) is 1.